The number of hydrogen-bond acceptors (Lipinski definition) is 5. The summed E-state index contributed by atoms with van der Waals surface area (Å²) in [7, 11) is 0. The zero-order valence-electron chi connectivity index (χ0n) is 9.94. The number of aromatic nitrogens is 6. The van der Waals surface area contributed by atoms with Gasteiger partial charge in [0.1, 0.15) is 5.69 Å². The van der Waals surface area contributed by atoms with Crippen LogP contribution < -0.4 is 0 Å². The highest BCUT2D eigenvalue weighted by Gasteiger charge is 2.16. The lowest BCUT2D eigenvalue weighted by Gasteiger charge is -2.12. The maximum absolute atomic E-state index is 10.7. The van der Waals surface area contributed by atoms with E-state index in [-0.39, 0.29) is 12.3 Å². The van der Waals surface area contributed by atoms with Crippen LogP contribution in [0.1, 0.15) is 19.8 Å². The van der Waals surface area contributed by atoms with Crippen LogP contribution in [0.5, 0.6) is 0 Å². The highest BCUT2D eigenvalue weighted by Crippen LogP contribution is 2.16. The number of nitrogens with one attached hydrogen (secondary N) is 1. The summed E-state index contributed by atoms with van der Waals surface area (Å²) >= 11 is 0. The minimum absolute atomic E-state index is 0.00710. The number of hydrogen-bond donors (Lipinski definition) is 2. The number of rotatable bonds is 6. The van der Waals surface area contributed by atoms with Gasteiger partial charge in [-0.1, -0.05) is 13.3 Å². The molecule has 0 saturated heterocycles. The molecule has 1 unspecified atom stereocenters. The summed E-state index contributed by atoms with van der Waals surface area (Å²) in [5, 5.41) is 26.8. The summed E-state index contributed by atoms with van der Waals surface area (Å²) in [5.41, 5.74) is 0.713. The largest absolute Gasteiger partial charge is 0.481 e. The molecule has 2 aromatic heterocycles. The number of carboxylic acid groups (broad SMARTS) is 1. The SMILES string of the molecule is CCC(CC(=O)O)Cn1nnnc1-c1ccn[nH]1. The van der Waals surface area contributed by atoms with E-state index >= 15 is 0 Å². The lowest BCUT2D eigenvalue weighted by Crippen LogP contribution is -2.16. The van der Waals surface area contributed by atoms with Crippen LogP contribution in [0, 0.1) is 5.92 Å². The Bertz CT molecular complexity index is 506. The van der Waals surface area contributed by atoms with Gasteiger partial charge in [0.15, 0.2) is 5.82 Å². The molecule has 2 heterocycles. The molecule has 0 saturated carbocycles. The van der Waals surface area contributed by atoms with Gasteiger partial charge in [-0.2, -0.15) is 5.10 Å². The lowest BCUT2D eigenvalue weighted by atomic mass is 10.0. The second-order valence-corrected chi connectivity index (χ2v) is 4.03. The van der Waals surface area contributed by atoms with Crippen LogP contribution in [-0.2, 0) is 11.3 Å². The Morgan fingerprint density at radius 3 is 3.06 bits per heavy atom. The molecule has 0 aliphatic rings. The molecule has 8 nitrogen and oxygen atoms in total. The van der Waals surface area contributed by atoms with Gasteiger partial charge in [-0.25, -0.2) is 4.68 Å². The number of tetrazole rings is 1. The third-order valence-corrected chi connectivity index (χ3v) is 2.75. The topological polar surface area (TPSA) is 110 Å². The number of H-pyrrole nitrogens is 1. The van der Waals surface area contributed by atoms with Crippen molar-refractivity contribution in [3.63, 3.8) is 0 Å². The van der Waals surface area contributed by atoms with Gasteiger partial charge in [-0.3, -0.25) is 9.89 Å². The molecular formula is C10H14N6O2. The molecule has 0 radical (unpaired) electrons. The minimum Gasteiger partial charge on any atom is -0.481 e. The molecule has 0 aliphatic heterocycles. The predicted octanol–water partition coefficient (Wildman–Crippen LogP) is 0.564. The van der Waals surface area contributed by atoms with E-state index in [1.54, 1.807) is 16.9 Å². The van der Waals surface area contributed by atoms with Gasteiger partial charge in [0.2, 0.25) is 0 Å². The summed E-state index contributed by atoms with van der Waals surface area (Å²) in [6, 6.07) is 1.76. The first-order valence-corrected chi connectivity index (χ1v) is 5.68. The zero-order chi connectivity index (χ0) is 13.0. The number of aromatic amines is 1. The van der Waals surface area contributed by atoms with Crippen LogP contribution in [0.15, 0.2) is 12.3 Å². The first kappa shape index (κ1) is 12.2. The van der Waals surface area contributed by atoms with E-state index < -0.39 is 5.97 Å². The van der Waals surface area contributed by atoms with Crippen LogP contribution in [0.25, 0.3) is 11.5 Å². The standard InChI is InChI=1S/C10H14N6O2/c1-2-7(5-9(17)18)6-16-10(13-14-15-16)8-3-4-11-12-8/h3-4,7H,2,5-6H2,1H3,(H,11,12)(H,17,18). The van der Waals surface area contributed by atoms with Gasteiger partial charge in [0.25, 0.3) is 0 Å². The molecule has 2 rings (SSSR count). The summed E-state index contributed by atoms with van der Waals surface area (Å²) in [5.74, 6) is -0.234. The smallest absolute Gasteiger partial charge is 0.303 e. The zero-order valence-corrected chi connectivity index (χ0v) is 9.94. The summed E-state index contributed by atoms with van der Waals surface area (Å²) in [6.07, 6.45) is 2.48. The van der Waals surface area contributed by atoms with Crippen LogP contribution in [0.2, 0.25) is 0 Å². The summed E-state index contributed by atoms with van der Waals surface area (Å²) in [4.78, 5) is 10.7. The summed E-state index contributed by atoms with van der Waals surface area (Å²) < 4.78 is 1.60. The average Bonchev–Trinajstić information content (AvgIpc) is 2.96. The van der Waals surface area contributed by atoms with Gasteiger partial charge in [-0.05, 0) is 22.4 Å². The van der Waals surface area contributed by atoms with Crippen molar-refractivity contribution in [2.24, 2.45) is 5.92 Å². The first-order valence-electron chi connectivity index (χ1n) is 5.68. The van der Waals surface area contributed by atoms with E-state index in [0.29, 0.717) is 18.1 Å². The van der Waals surface area contributed by atoms with E-state index in [1.807, 2.05) is 6.92 Å². The van der Waals surface area contributed by atoms with Crippen molar-refractivity contribution < 1.29 is 9.90 Å². The Labute approximate surface area is 103 Å². The maximum Gasteiger partial charge on any atom is 0.303 e. The predicted molar refractivity (Wildman–Crippen MR) is 61.4 cm³/mol. The third-order valence-electron chi connectivity index (χ3n) is 2.75. The number of carboxylic acids is 1. The average molecular weight is 250 g/mol. The molecule has 0 amide bonds. The van der Waals surface area contributed by atoms with Gasteiger partial charge >= 0.3 is 5.97 Å². The van der Waals surface area contributed by atoms with Crippen molar-refractivity contribution in [1.29, 1.82) is 0 Å². The van der Waals surface area contributed by atoms with E-state index in [4.69, 9.17) is 5.11 Å². The quantitative estimate of drug-likeness (QED) is 0.775. The fraction of sp³-hybridized carbons (Fsp3) is 0.500. The molecular weight excluding hydrogens is 236 g/mol. The van der Waals surface area contributed by atoms with Crippen molar-refractivity contribution in [1.82, 2.24) is 30.4 Å². The summed E-state index contributed by atoms with van der Waals surface area (Å²) in [6.45, 7) is 2.43. The number of nitrogens with zero attached hydrogens (tertiary/aromatic N) is 5. The van der Waals surface area contributed by atoms with Gasteiger partial charge in [0.05, 0.1) is 0 Å². The normalized spacial score (nSPS) is 12.5. The van der Waals surface area contributed by atoms with Gasteiger partial charge < -0.3 is 5.11 Å². The molecule has 8 heteroatoms. The van der Waals surface area contributed by atoms with Crippen molar-refractivity contribution in [2.45, 2.75) is 26.3 Å². The minimum atomic E-state index is -0.807. The molecule has 2 N–H and O–H groups in total. The maximum atomic E-state index is 10.7. The van der Waals surface area contributed by atoms with E-state index in [2.05, 4.69) is 25.7 Å². The van der Waals surface area contributed by atoms with E-state index in [9.17, 15) is 4.79 Å². The molecule has 0 bridgehead atoms. The Morgan fingerprint density at radius 2 is 2.44 bits per heavy atom. The van der Waals surface area contributed by atoms with Gasteiger partial charge in [0, 0.05) is 19.2 Å². The molecule has 18 heavy (non-hydrogen) atoms. The van der Waals surface area contributed by atoms with Crippen LogP contribution in [0.4, 0.5) is 0 Å². The molecule has 0 spiro atoms. The second-order valence-electron chi connectivity index (χ2n) is 4.03. The molecule has 96 valence electrons. The second kappa shape index (κ2) is 5.39. The molecule has 2 aromatic rings. The first-order chi connectivity index (χ1) is 8.70. The van der Waals surface area contributed by atoms with Gasteiger partial charge in [-0.15, -0.1) is 5.10 Å². The third kappa shape index (κ3) is 2.70. The highest BCUT2D eigenvalue weighted by atomic mass is 16.4. The van der Waals surface area contributed by atoms with Crippen molar-refractivity contribution >= 4 is 5.97 Å². The van der Waals surface area contributed by atoms with Crippen LogP contribution in [0.3, 0.4) is 0 Å². The van der Waals surface area contributed by atoms with E-state index in [0.717, 1.165) is 6.42 Å². The molecule has 0 aliphatic carbocycles. The van der Waals surface area contributed by atoms with E-state index in [1.165, 1.54) is 0 Å². The molecule has 0 aromatic carbocycles. The molecule has 0 fully saturated rings. The Hall–Kier alpha value is -2.25. The fourth-order valence-corrected chi connectivity index (χ4v) is 1.73. The highest BCUT2D eigenvalue weighted by molar-refractivity contribution is 5.67. The van der Waals surface area contributed by atoms with Crippen molar-refractivity contribution in [3.05, 3.63) is 12.3 Å². The molecule has 1 atom stereocenters. The Kier molecular flexibility index (Phi) is 3.66. The Balaban J connectivity index is 2.14. The van der Waals surface area contributed by atoms with Crippen LogP contribution in [-0.4, -0.2) is 41.5 Å². The Morgan fingerprint density at radius 1 is 1.61 bits per heavy atom. The van der Waals surface area contributed by atoms with Crippen molar-refractivity contribution in [3.8, 4) is 11.5 Å². The fourth-order valence-electron chi connectivity index (χ4n) is 1.73. The van der Waals surface area contributed by atoms with Crippen molar-refractivity contribution in [2.75, 3.05) is 0 Å². The monoisotopic (exact) mass is 250 g/mol. The lowest BCUT2D eigenvalue weighted by molar-refractivity contribution is -0.138. The number of carbonyl (C=O) groups is 1. The number of aliphatic carboxylic acids is 1. The van der Waals surface area contributed by atoms with Crippen LogP contribution >= 0.6 is 0 Å².